The molecule has 16 heavy (non-hydrogen) atoms. The first-order valence-corrected chi connectivity index (χ1v) is 4.05. The standard InChI is InChI=1S/C8H7F4NO3/c9-2-4-1-5(3-14)13-7(15)6(4)16-8(10,11)12/h1,14H,2-3H2,(H,13,15). The molecule has 0 fully saturated rings. The third kappa shape index (κ3) is 2.96. The molecule has 1 rings (SSSR count). The smallest absolute Gasteiger partial charge is 0.399 e. The van der Waals surface area contributed by atoms with Gasteiger partial charge in [-0.05, 0) is 6.07 Å². The van der Waals surface area contributed by atoms with Gasteiger partial charge in [0.25, 0.3) is 5.56 Å². The van der Waals surface area contributed by atoms with E-state index in [9.17, 15) is 22.4 Å². The van der Waals surface area contributed by atoms with Crippen molar-refractivity contribution in [2.24, 2.45) is 0 Å². The van der Waals surface area contributed by atoms with Crippen molar-refractivity contribution < 1.29 is 27.4 Å². The van der Waals surface area contributed by atoms with Gasteiger partial charge in [-0.2, -0.15) is 0 Å². The van der Waals surface area contributed by atoms with Crippen LogP contribution in [0.1, 0.15) is 11.3 Å². The normalized spacial score (nSPS) is 11.6. The Balaban J connectivity index is 3.22. The minimum atomic E-state index is -5.07. The number of nitrogens with one attached hydrogen (secondary N) is 1. The van der Waals surface area contributed by atoms with E-state index in [0.29, 0.717) is 0 Å². The van der Waals surface area contributed by atoms with E-state index >= 15 is 0 Å². The van der Waals surface area contributed by atoms with Gasteiger partial charge in [0.05, 0.1) is 6.61 Å². The molecule has 0 aliphatic heterocycles. The van der Waals surface area contributed by atoms with E-state index in [1.54, 1.807) is 0 Å². The van der Waals surface area contributed by atoms with E-state index in [0.717, 1.165) is 6.07 Å². The molecule has 1 heterocycles. The Hall–Kier alpha value is -1.57. The molecule has 0 aromatic carbocycles. The van der Waals surface area contributed by atoms with Gasteiger partial charge < -0.3 is 14.8 Å². The van der Waals surface area contributed by atoms with Gasteiger partial charge in [0.2, 0.25) is 0 Å². The fourth-order valence-electron chi connectivity index (χ4n) is 1.07. The Kier molecular flexibility index (Phi) is 3.53. The number of hydrogen-bond donors (Lipinski definition) is 2. The summed E-state index contributed by atoms with van der Waals surface area (Å²) in [6.07, 6.45) is -5.07. The third-order valence-electron chi connectivity index (χ3n) is 1.65. The van der Waals surface area contributed by atoms with Gasteiger partial charge in [-0.25, -0.2) is 4.39 Å². The zero-order valence-electron chi connectivity index (χ0n) is 7.77. The number of rotatable bonds is 3. The van der Waals surface area contributed by atoms with E-state index in [1.807, 2.05) is 4.98 Å². The molecule has 0 saturated heterocycles. The van der Waals surface area contributed by atoms with Crippen LogP contribution in [0.15, 0.2) is 10.9 Å². The first kappa shape index (κ1) is 12.5. The Morgan fingerprint density at radius 2 is 2.06 bits per heavy atom. The Bertz CT molecular complexity index is 426. The molecule has 0 amide bonds. The van der Waals surface area contributed by atoms with Crippen LogP contribution in [0, 0.1) is 0 Å². The maximum absolute atomic E-state index is 12.4. The lowest BCUT2D eigenvalue weighted by Crippen LogP contribution is -2.24. The van der Waals surface area contributed by atoms with Gasteiger partial charge in [0.15, 0.2) is 5.75 Å². The highest BCUT2D eigenvalue weighted by Crippen LogP contribution is 2.23. The summed E-state index contributed by atoms with van der Waals surface area (Å²) in [5, 5.41) is 8.65. The van der Waals surface area contributed by atoms with E-state index in [4.69, 9.17) is 5.11 Å². The molecule has 0 aliphatic rings. The highest BCUT2D eigenvalue weighted by Gasteiger charge is 2.33. The Morgan fingerprint density at radius 1 is 1.44 bits per heavy atom. The monoisotopic (exact) mass is 241 g/mol. The predicted octanol–water partition coefficient (Wildman–Crippen LogP) is 1.24. The summed E-state index contributed by atoms with van der Waals surface area (Å²) >= 11 is 0. The maximum atomic E-state index is 12.4. The molecule has 0 saturated carbocycles. The topological polar surface area (TPSA) is 62.3 Å². The van der Waals surface area contributed by atoms with Crippen LogP contribution in [0.25, 0.3) is 0 Å². The molecular formula is C8H7F4NO3. The number of aliphatic hydroxyl groups is 1. The molecule has 0 spiro atoms. The van der Waals surface area contributed by atoms with E-state index in [2.05, 4.69) is 4.74 Å². The van der Waals surface area contributed by atoms with Crippen LogP contribution >= 0.6 is 0 Å². The van der Waals surface area contributed by atoms with Crippen LogP contribution in [-0.4, -0.2) is 16.5 Å². The lowest BCUT2D eigenvalue weighted by Gasteiger charge is -2.11. The lowest BCUT2D eigenvalue weighted by atomic mass is 10.2. The number of halogens is 4. The van der Waals surface area contributed by atoms with Crippen molar-refractivity contribution in [2.45, 2.75) is 19.6 Å². The number of aromatic nitrogens is 1. The van der Waals surface area contributed by atoms with Crippen LogP contribution in [0.5, 0.6) is 5.75 Å². The second kappa shape index (κ2) is 4.52. The number of hydrogen-bond acceptors (Lipinski definition) is 3. The minimum absolute atomic E-state index is 0.0906. The van der Waals surface area contributed by atoms with Crippen LogP contribution in [0.4, 0.5) is 17.6 Å². The minimum Gasteiger partial charge on any atom is -0.399 e. The van der Waals surface area contributed by atoms with Crippen LogP contribution < -0.4 is 10.3 Å². The molecular weight excluding hydrogens is 234 g/mol. The van der Waals surface area contributed by atoms with Crippen LogP contribution in [0.2, 0.25) is 0 Å². The van der Waals surface area contributed by atoms with Crippen molar-refractivity contribution in [3.63, 3.8) is 0 Å². The Labute approximate surface area is 86.5 Å². The Morgan fingerprint density at radius 3 is 2.50 bits per heavy atom. The van der Waals surface area contributed by atoms with Crippen LogP contribution in [-0.2, 0) is 13.3 Å². The predicted molar refractivity (Wildman–Crippen MR) is 44.5 cm³/mol. The number of aromatic amines is 1. The fraction of sp³-hybridized carbons (Fsp3) is 0.375. The summed E-state index contributed by atoms with van der Waals surface area (Å²) in [5.41, 5.74) is -1.89. The van der Waals surface area contributed by atoms with E-state index < -0.39 is 36.5 Å². The highest BCUT2D eigenvalue weighted by molar-refractivity contribution is 5.32. The number of aliphatic hydroxyl groups excluding tert-OH is 1. The summed E-state index contributed by atoms with van der Waals surface area (Å²) in [7, 11) is 0. The summed E-state index contributed by atoms with van der Waals surface area (Å²) in [5.74, 6) is -1.15. The zero-order chi connectivity index (χ0) is 12.3. The van der Waals surface area contributed by atoms with E-state index in [-0.39, 0.29) is 5.69 Å². The van der Waals surface area contributed by atoms with E-state index in [1.165, 1.54) is 0 Å². The summed E-state index contributed by atoms with van der Waals surface area (Å²) < 4.78 is 51.4. The number of alkyl halides is 4. The molecule has 1 aromatic rings. The largest absolute Gasteiger partial charge is 0.573 e. The van der Waals surface area contributed by atoms with Gasteiger partial charge in [-0.1, -0.05) is 0 Å². The van der Waals surface area contributed by atoms with Gasteiger partial charge in [0, 0.05) is 11.3 Å². The molecule has 2 N–H and O–H groups in total. The molecule has 0 aliphatic carbocycles. The molecule has 90 valence electrons. The second-order valence-corrected chi connectivity index (χ2v) is 2.82. The van der Waals surface area contributed by atoms with Gasteiger partial charge >= 0.3 is 6.36 Å². The van der Waals surface area contributed by atoms with Crippen molar-refractivity contribution in [1.29, 1.82) is 0 Å². The zero-order valence-corrected chi connectivity index (χ0v) is 7.77. The van der Waals surface area contributed by atoms with Crippen molar-refractivity contribution >= 4 is 0 Å². The van der Waals surface area contributed by atoms with Gasteiger partial charge in [0.1, 0.15) is 6.67 Å². The fourth-order valence-corrected chi connectivity index (χ4v) is 1.07. The molecule has 8 heteroatoms. The summed E-state index contributed by atoms with van der Waals surface area (Å²) in [4.78, 5) is 13.0. The van der Waals surface area contributed by atoms with Gasteiger partial charge in [-0.3, -0.25) is 4.79 Å². The number of H-pyrrole nitrogens is 1. The maximum Gasteiger partial charge on any atom is 0.573 e. The SMILES string of the molecule is O=c1[nH]c(CO)cc(CF)c1OC(F)(F)F. The average Bonchev–Trinajstić information content (AvgIpc) is 2.19. The molecule has 0 bridgehead atoms. The lowest BCUT2D eigenvalue weighted by molar-refractivity contribution is -0.275. The van der Waals surface area contributed by atoms with Crippen molar-refractivity contribution in [2.75, 3.05) is 0 Å². The number of pyridine rings is 1. The van der Waals surface area contributed by atoms with Crippen LogP contribution in [0.3, 0.4) is 0 Å². The molecule has 0 atom stereocenters. The quantitative estimate of drug-likeness (QED) is 0.782. The summed E-state index contributed by atoms with van der Waals surface area (Å²) in [6.45, 7) is -1.92. The molecule has 0 unspecified atom stereocenters. The third-order valence-corrected chi connectivity index (χ3v) is 1.65. The summed E-state index contributed by atoms with van der Waals surface area (Å²) in [6, 6.07) is 0.891. The molecule has 4 nitrogen and oxygen atoms in total. The molecule has 0 radical (unpaired) electrons. The number of ether oxygens (including phenoxy) is 1. The van der Waals surface area contributed by atoms with Crippen molar-refractivity contribution in [1.82, 2.24) is 4.98 Å². The van der Waals surface area contributed by atoms with Crippen molar-refractivity contribution in [3.05, 3.63) is 27.7 Å². The average molecular weight is 241 g/mol. The highest BCUT2D eigenvalue weighted by atomic mass is 19.4. The van der Waals surface area contributed by atoms with Gasteiger partial charge in [-0.15, -0.1) is 13.2 Å². The first-order valence-electron chi connectivity index (χ1n) is 4.05. The molecule has 1 aromatic heterocycles. The first-order chi connectivity index (χ1) is 7.37. The van der Waals surface area contributed by atoms with Crippen molar-refractivity contribution in [3.8, 4) is 5.75 Å². The second-order valence-electron chi connectivity index (χ2n) is 2.82.